The third-order valence-electron chi connectivity index (χ3n) is 2.86. The van der Waals surface area contributed by atoms with Crippen molar-refractivity contribution in [3.8, 4) is 0 Å². The van der Waals surface area contributed by atoms with Gasteiger partial charge in [0.1, 0.15) is 0 Å². The van der Waals surface area contributed by atoms with Crippen LogP contribution < -0.4 is 5.73 Å². The molecular weight excluding hydrogens is 322 g/mol. The summed E-state index contributed by atoms with van der Waals surface area (Å²) in [5.41, 5.74) is 6.53. The molecule has 2 rings (SSSR count). The first-order valence-electron chi connectivity index (χ1n) is 6.48. The fourth-order valence-corrected chi connectivity index (χ4v) is 1.86. The van der Waals surface area contributed by atoms with Crippen molar-refractivity contribution >= 4 is 29.1 Å². The number of rotatable bonds is 5. The number of nitrogens with zero attached hydrogens (tertiary/aromatic N) is 2. The molecule has 0 fully saturated rings. The summed E-state index contributed by atoms with van der Waals surface area (Å²) in [5, 5.41) is 14.8. The molecule has 8 heteroatoms. The Balaban J connectivity index is 2.01. The number of oxime groups is 1. The molecule has 7 nitrogen and oxygen atoms in total. The summed E-state index contributed by atoms with van der Waals surface area (Å²) in [7, 11) is 0. The number of nitro groups is 1. The SMILES string of the molecule is N/C(=N\OC(=O)Cc1ccc(Cl)cc1)c1cccc([N+](=O)[O-])c1. The molecule has 0 saturated carbocycles. The van der Waals surface area contributed by atoms with Gasteiger partial charge >= 0.3 is 5.97 Å². The van der Waals surface area contributed by atoms with Crippen LogP contribution in [0.15, 0.2) is 53.7 Å². The van der Waals surface area contributed by atoms with Gasteiger partial charge in [0, 0.05) is 22.7 Å². The number of hydrogen-bond acceptors (Lipinski definition) is 5. The smallest absolute Gasteiger partial charge is 0.339 e. The van der Waals surface area contributed by atoms with E-state index in [4.69, 9.17) is 22.2 Å². The Kier molecular flexibility index (Phi) is 5.27. The van der Waals surface area contributed by atoms with Crippen LogP contribution in [-0.4, -0.2) is 16.7 Å². The van der Waals surface area contributed by atoms with Crippen molar-refractivity contribution in [1.29, 1.82) is 0 Å². The molecule has 0 aliphatic rings. The van der Waals surface area contributed by atoms with E-state index in [9.17, 15) is 14.9 Å². The number of benzene rings is 2. The quantitative estimate of drug-likeness (QED) is 0.297. The molecule has 0 aliphatic heterocycles. The highest BCUT2D eigenvalue weighted by Gasteiger charge is 2.10. The van der Waals surface area contributed by atoms with Crippen LogP contribution in [0.4, 0.5) is 5.69 Å². The Labute approximate surface area is 136 Å². The van der Waals surface area contributed by atoms with E-state index in [1.165, 1.54) is 24.3 Å². The van der Waals surface area contributed by atoms with Crippen LogP contribution in [0.1, 0.15) is 11.1 Å². The lowest BCUT2D eigenvalue weighted by molar-refractivity contribution is -0.384. The van der Waals surface area contributed by atoms with Gasteiger partial charge in [0.2, 0.25) is 0 Å². The van der Waals surface area contributed by atoms with Crippen molar-refractivity contribution in [2.24, 2.45) is 10.9 Å². The Morgan fingerprint density at radius 1 is 1.26 bits per heavy atom. The molecule has 0 radical (unpaired) electrons. The largest absolute Gasteiger partial charge is 0.380 e. The minimum Gasteiger partial charge on any atom is -0.380 e. The maximum Gasteiger partial charge on any atom is 0.339 e. The van der Waals surface area contributed by atoms with Gasteiger partial charge in [0.25, 0.3) is 5.69 Å². The lowest BCUT2D eigenvalue weighted by atomic mass is 10.2. The van der Waals surface area contributed by atoms with Crippen molar-refractivity contribution in [1.82, 2.24) is 0 Å². The van der Waals surface area contributed by atoms with Crippen molar-refractivity contribution < 1.29 is 14.6 Å². The van der Waals surface area contributed by atoms with E-state index in [0.29, 0.717) is 16.1 Å². The molecular formula is C15H12ClN3O4. The average Bonchev–Trinajstić information content (AvgIpc) is 2.55. The molecule has 0 saturated heterocycles. The molecule has 0 unspecified atom stereocenters. The van der Waals surface area contributed by atoms with E-state index in [0.717, 1.165) is 0 Å². The summed E-state index contributed by atoms with van der Waals surface area (Å²) in [6.45, 7) is 0. The van der Waals surface area contributed by atoms with Crippen LogP contribution in [0.5, 0.6) is 0 Å². The van der Waals surface area contributed by atoms with Crippen molar-refractivity contribution in [2.45, 2.75) is 6.42 Å². The molecule has 0 spiro atoms. The first-order valence-corrected chi connectivity index (χ1v) is 6.86. The van der Waals surface area contributed by atoms with Crippen LogP contribution in [0.3, 0.4) is 0 Å². The van der Waals surface area contributed by atoms with Crippen LogP contribution in [0.2, 0.25) is 5.02 Å². The van der Waals surface area contributed by atoms with Crippen molar-refractivity contribution in [3.63, 3.8) is 0 Å². The van der Waals surface area contributed by atoms with Gasteiger partial charge in [0.05, 0.1) is 11.3 Å². The van der Waals surface area contributed by atoms with Crippen LogP contribution in [0.25, 0.3) is 0 Å². The van der Waals surface area contributed by atoms with E-state index in [1.807, 2.05) is 0 Å². The number of nitrogens with two attached hydrogens (primary N) is 1. The number of hydrogen-bond donors (Lipinski definition) is 1. The Morgan fingerprint density at radius 3 is 2.61 bits per heavy atom. The van der Waals surface area contributed by atoms with Gasteiger partial charge in [-0.3, -0.25) is 10.1 Å². The molecule has 118 valence electrons. The van der Waals surface area contributed by atoms with Crippen molar-refractivity contribution in [3.05, 3.63) is 74.8 Å². The van der Waals surface area contributed by atoms with Gasteiger partial charge in [-0.2, -0.15) is 0 Å². The number of carbonyl (C=O) groups is 1. The predicted octanol–water partition coefficient (Wildman–Crippen LogP) is 2.65. The molecule has 0 aliphatic carbocycles. The summed E-state index contributed by atoms with van der Waals surface area (Å²) in [6.07, 6.45) is 0.00286. The second kappa shape index (κ2) is 7.37. The standard InChI is InChI=1S/C15H12ClN3O4/c16-12-6-4-10(5-7-12)8-14(20)23-18-15(17)11-2-1-3-13(9-11)19(21)22/h1-7,9H,8H2,(H2,17,18). The van der Waals surface area contributed by atoms with Gasteiger partial charge in [-0.25, -0.2) is 4.79 Å². The summed E-state index contributed by atoms with van der Waals surface area (Å²) >= 11 is 5.75. The zero-order valence-corrected chi connectivity index (χ0v) is 12.6. The minimum absolute atomic E-state index is 0.00286. The molecule has 0 aromatic heterocycles. The number of halogens is 1. The minimum atomic E-state index is -0.610. The van der Waals surface area contributed by atoms with Gasteiger partial charge in [-0.05, 0) is 17.7 Å². The molecule has 0 atom stereocenters. The lowest BCUT2D eigenvalue weighted by Gasteiger charge is -2.02. The van der Waals surface area contributed by atoms with E-state index < -0.39 is 10.9 Å². The van der Waals surface area contributed by atoms with E-state index >= 15 is 0 Å². The average molecular weight is 334 g/mol. The van der Waals surface area contributed by atoms with Crippen molar-refractivity contribution in [2.75, 3.05) is 0 Å². The Hall–Kier alpha value is -2.93. The second-order valence-corrected chi connectivity index (χ2v) is 4.99. The van der Waals surface area contributed by atoms with E-state index in [2.05, 4.69) is 5.16 Å². The maximum absolute atomic E-state index is 11.7. The highest BCUT2D eigenvalue weighted by Crippen LogP contribution is 2.13. The van der Waals surface area contributed by atoms with Crippen LogP contribution in [-0.2, 0) is 16.1 Å². The lowest BCUT2D eigenvalue weighted by Crippen LogP contribution is -2.16. The van der Waals surface area contributed by atoms with E-state index in [-0.39, 0.29) is 17.9 Å². The van der Waals surface area contributed by atoms with Gasteiger partial charge in [-0.1, -0.05) is 41.0 Å². The normalized spacial score (nSPS) is 11.1. The van der Waals surface area contributed by atoms with Gasteiger partial charge in [-0.15, -0.1) is 0 Å². The Morgan fingerprint density at radius 2 is 1.96 bits per heavy atom. The van der Waals surface area contributed by atoms with Gasteiger partial charge < -0.3 is 10.6 Å². The summed E-state index contributed by atoms with van der Waals surface area (Å²) in [4.78, 5) is 26.5. The predicted molar refractivity (Wildman–Crippen MR) is 85.1 cm³/mol. The van der Waals surface area contributed by atoms with E-state index in [1.54, 1.807) is 24.3 Å². The van der Waals surface area contributed by atoms with Crippen LogP contribution in [0, 0.1) is 10.1 Å². The number of nitro benzene ring substituents is 1. The molecule has 23 heavy (non-hydrogen) atoms. The first kappa shape index (κ1) is 16.4. The third kappa shape index (κ3) is 4.79. The highest BCUT2D eigenvalue weighted by atomic mass is 35.5. The summed E-state index contributed by atoms with van der Waals surface area (Å²) < 4.78 is 0. The molecule has 0 bridgehead atoms. The fraction of sp³-hybridized carbons (Fsp3) is 0.0667. The van der Waals surface area contributed by atoms with Gasteiger partial charge in [0.15, 0.2) is 5.84 Å². The second-order valence-electron chi connectivity index (χ2n) is 4.55. The third-order valence-corrected chi connectivity index (χ3v) is 3.11. The molecule has 2 aromatic rings. The molecule has 2 N–H and O–H groups in total. The Bertz CT molecular complexity index is 760. The molecule has 0 heterocycles. The number of carbonyl (C=O) groups excluding carboxylic acids is 1. The first-order chi connectivity index (χ1) is 11.0. The highest BCUT2D eigenvalue weighted by molar-refractivity contribution is 6.30. The maximum atomic E-state index is 11.7. The molecule has 0 amide bonds. The van der Waals surface area contributed by atoms with Crippen LogP contribution >= 0.6 is 11.6 Å². The number of amidine groups is 1. The zero-order chi connectivity index (χ0) is 16.8. The molecule has 2 aromatic carbocycles. The fourth-order valence-electron chi connectivity index (χ4n) is 1.73. The zero-order valence-electron chi connectivity index (χ0n) is 11.8. The topological polar surface area (TPSA) is 108 Å². The number of non-ortho nitro benzene ring substituents is 1. The summed E-state index contributed by atoms with van der Waals surface area (Å²) in [6, 6.07) is 12.3. The summed E-state index contributed by atoms with van der Waals surface area (Å²) in [5.74, 6) is -0.737. The monoisotopic (exact) mass is 333 g/mol.